The van der Waals surface area contributed by atoms with Crippen LogP contribution in [0.1, 0.15) is 12.6 Å². The second-order valence-corrected chi connectivity index (χ2v) is 8.07. The van der Waals surface area contributed by atoms with Gasteiger partial charge in [-0.05, 0) is 6.92 Å². The minimum absolute atomic E-state index is 0.00946. The SMILES string of the molecule is CCS(=O)CCNS(=O)(=O)c1sc(=O)[nH]c1C. The van der Waals surface area contributed by atoms with Gasteiger partial charge in [0.15, 0.2) is 4.21 Å². The van der Waals surface area contributed by atoms with Crippen LogP contribution < -0.4 is 9.60 Å². The smallest absolute Gasteiger partial charge is 0.305 e. The van der Waals surface area contributed by atoms with Gasteiger partial charge in [-0.15, -0.1) is 0 Å². The van der Waals surface area contributed by atoms with Crippen LogP contribution in [0.4, 0.5) is 0 Å². The number of nitrogens with one attached hydrogen (secondary N) is 2. The number of aryl methyl sites for hydroxylation is 1. The van der Waals surface area contributed by atoms with E-state index in [0.717, 1.165) is 0 Å². The van der Waals surface area contributed by atoms with Gasteiger partial charge in [-0.1, -0.05) is 18.3 Å². The van der Waals surface area contributed by atoms with Gasteiger partial charge in [0, 0.05) is 34.5 Å². The average Bonchev–Trinajstić information content (AvgIpc) is 2.58. The molecule has 0 radical (unpaired) electrons. The summed E-state index contributed by atoms with van der Waals surface area (Å²) < 4.78 is 37.0. The van der Waals surface area contributed by atoms with E-state index in [1.165, 1.54) is 6.92 Å². The maximum atomic E-state index is 11.8. The van der Waals surface area contributed by atoms with Crippen molar-refractivity contribution in [1.29, 1.82) is 0 Å². The zero-order valence-electron chi connectivity index (χ0n) is 9.48. The van der Waals surface area contributed by atoms with Crippen molar-refractivity contribution in [3.8, 4) is 0 Å². The third-order valence-electron chi connectivity index (χ3n) is 1.97. The van der Waals surface area contributed by atoms with Crippen LogP contribution >= 0.6 is 11.3 Å². The maximum absolute atomic E-state index is 11.8. The molecule has 0 saturated carbocycles. The number of sulfonamides is 1. The summed E-state index contributed by atoms with van der Waals surface area (Å²) in [7, 11) is -4.68. The number of H-pyrrole nitrogens is 1. The Morgan fingerprint density at radius 3 is 2.59 bits per heavy atom. The molecule has 0 fully saturated rings. The van der Waals surface area contributed by atoms with Crippen molar-refractivity contribution in [2.45, 2.75) is 18.1 Å². The zero-order chi connectivity index (χ0) is 13.1. The monoisotopic (exact) mass is 298 g/mol. The molecule has 2 N–H and O–H groups in total. The summed E-state index contributed by atoms with van der Waals surface area (Å²) in [6.45, 7) is 3.40. The Labute approximate surface area is 106 Å². The molecule has 0 aromatic carbocycles. The average molecular weight is 298 g/mol. The fraction of sp³-hybridized carbons (Fsp3) is 0.625. The molecule has 6 nitrogen and oxygen atoms in total. The van der Waals surface area contributed by atoms with E-state index >= 15 is 0 Å². The van der Waals surface area contributed by atoms with E-state index in [0.29, 0.717) is 22.8 Å². The standard InChI is InChI=1S/C8H14N2O4S3/c1-3-16(12)5-4-9-17(13,14)7-6(2)10-8(11)15-7/h9H,3-5H2,1-2H3,(H,10,11). The van der Waals surface area contributed by atoms with Gasteiger partial charge in [0.25, 0.3) is 10.0 Å². The molecule has 1 aromatic heterocycles. The van der Waals surface area contributed by atoms with Gasteiger partial charge in [0.1, 0.15) is 0 Å². The van der Waals surface area contributed by atoms with Crippen LogP contribution in [0.15, 0.2) is 9.00 Å². The second-order valence-electron chi connectivity index (χ2n) is 3.26. The van der Waals surface area contributed by atoms with Crippen molar-refractivity contribution in [1.82, 2.24) is 9.71 Å². The first-order chi connectivity index (χ1) is 7.86. The van der Waals surface area contributed by atoms with Gasteiger partial charge in [-0.3, -0.25) is 9.00 Å². The molecule has 1 unspecified atom stereocenters. The Morgan fingerprint density at radius 2 is 2.12 bits per heavy atom. The lowest BCUT2D eigenvalue weighted by molar-refractivity contribution is 0.585. The van der Waals surface area contributed by atoms with E-state index in [9.17, 15) is 17.4 Å². The lowest BCUT2D eigenvalue weighted by Gasteiger charge is -2.04. The van der Waals surface area contributed by atoms with Crippen molar-refractivity contribution < 1.29 is 12.6 Å². The van der Waals surface area contributed by atoms with Gasteiger partial charge in [0.2, 0.25) is 0 Å². The highest BCUT2D eigenvalue weighted by atomic mass is 32.2. The summed E-state index contributed by atoms with van der Waals surface area (Å²) in [4.78, 5) is 13.0. The van der Waals surface area contributed by atoms with Crippen molar-refractivity contribution in [2.24, 2.45) is 0 Å². The predicted molar refractivity (Wildman–Crippen MR) is 68.4 cm³/mol. The molecule has 0 amide bonds. The van der Waals surface area contributed by atoms with Crippen LogP contribution in [0, 0.1) is 6.92 Å². The number of thiazole rings is 1. The van der Waals surface area contributed by atoms with E-state index in [2.05, 4.69) is 9.71 Å². The molecule has 0 aliphatic rings. The van der Waals surface area contributed by atoms with E-state index < -0.39 is 25.7 Å². The molecule has 9 heteroatoms. The molecule has 0 spiro atoms. The van der Waals surface area contributed by atoms with Gasteiger partial charge in [0.05, 0.1) is 0 Å². The Morgan fingerprint density at radius 1 is 1.47 bits per heavy atom. The van der Waals surface area contributed by atoms with E-state index in [-0.39, 0.29) is 16.5 Å². The van der Waals surface area contributed by atoms with E-state index in [1.807, 2.05) is 0 Å². The molecular formula is C8H14N2O4S3. The minimum atomic E-state index is -3.67. The molecule has 1 aromatic rings. The first-order valence-corrected chi connectivity index (χ1v) is 8.70. The van der Waals surface area contributed by atoms with Crippen molar-refractivity contribution in [2.75, 3.05) is 18.1 Å². The molecule has 1 heterocycles. The quantitative estimate of drug-likeness (QED) is 0.759. The third kappa shape index (κ3) is 4.02. The Hall–Kier alpha value is -0.510. The molecule has 98 valence electrons. The minimum Gasteiger partial charge on any atom is -0.315 e. The lowest BCUT2D eigenvalue weighted by Crippen LogP contribution is -2.28. The highest BCUT2D eigenvalue weighted by Gasteiger charge is 2.19. The van der Waals surface area contributed by atoms with Gasteiger partial charge < -0.3 is 4.98 Å². The van der Waals surface area contributed by atoms with Crippen molar-refractivity contribution in [3.63, 3.8) is 0 Å². The molecule has 1 atom stereocenters. The topological polar surface area (TPSA) is 96.1 Å². The molecule has 0 bridgehead atoms. The molecule has 0 aliphatic carbocycles. The van der Waals surface area contributed by atoms with Crippen molar-refractivity contribution in [3.05, 3.63) is 15.4 Å². The second kappa shape index (κ2) is 5.89. The van der Waals surface area contributed by atoms with Crippen LogP contribution in [0.25, 0.3) is 0 Å². The molecule has 0 saturated heterocycles. The fourth-order valence-electron chi connectivity index (χ4n) is 1.15. The third-order valence-corrected chi connectivity index (χ3v) is 6.34. The molecule has 17 heavy (non-hydrogen) atoms. The Kier molecular flexibility index (Phi) is 5.04. The van der Waals surface area contributed by atoms with Crippen molar-refractivity contribution >= 4 is 32.2 Å². The first kappa shape index (κ1) is 14.6. The summed E-state index contributed by atoms with van der Waals surface area (Å²) in [5, 5.41) is 0. The molecule has 0 aliphatic heterocycles. The number of hydrogen-bond donors (Lipinski definition) is 2. The zero-order valence-corrected chi connectivity index (χ0v) is 11.9. The maximum Gasteiger partial charge on any atom is 0.305 e. The Bertz CT molecular complexity index is 558. The van der Waals surface area contributed by atoms with E-state index in [1.54, 1.807) is 6.92 Å². The van der Waals surface area contributed by atoms with Crippen LogP contribution in [0.5, 0.6) is 0 Å². The Balaban J connectivity index is 2.73. The number of hydrogen-bond acceptors (Lipinski definition) is 5. The number of aromatic nitrogens is 1. The normalized spacial score (nSPS) is 13.8. The largest absolute Gasteiger partial charge is 0.315 e. The highest BCUT2D eigenvalue weighted by molar-refractivity contribution is 7.91. The lowest BCUT2D eigenvalue weighted by atomic mass is 10.6. The van der Waals surface area contributed by atoms with Crippen LogP contribution in [-0.4, -0.2) is 35.7 Å². The number of aromatic amines is 1. The first-order valence-electron chi connectivity index (χ1n) is 4.91. The van der Waals surface area contributed by atoms with Gasteiger partial charge >= 0.3 is 4.87 Å². The number of rotatable bonds is 6. The van der Waals surface area contributed by atoms with Crippen LogP contribution in [0.3, 0.4) is 0 Å². The van der Waals surface area contributed by atoms with Crippen LogP contribution in [-0.2, 0) is 20.8 Å². The van der Waals surface area contributed by atoms with Gasteiger partial charge in [-0.2, -0.15) is 0 Å². The summed E-state index contributed by atoms with van der Waals surface area (Å²) in [6, 6.07) is 0. The summed E-state index contributed by atoms with van der Waals surface area (Å²) in [6.07, 6.45) is 0. The summed E-state index contributed by atoms with van der Waals surface area (Å²) in [5.74, 6) is 0.770. The van der Waals surface area contributed by atoms with Crippen LogP contribution in [0.2, 0.25) is 0 Å². The summed E-state index contributed by atoms with van der Waals surface area (Å²) >= 11 is 0.648. The summed E-state index contributed by atoms with van der Waals surface area (Å²) in [5.41, 5.74) is 0.323. The molecule has 1 rings (SSSR count). The van der Waals surface area contributed by atoms with E-state index in [4.69, 9.17) is 0 Å². The molecular weight excluding hydrogens is 284 g/mol. The fourth-order valence-corrected chi connectivity index (χ4v) is 4.27. The van der Waals surface area contributed by atoms with Gasteiger partial charge in [-0.25, -0.2) is 13.1 Å². The predicted octanol–water partition coefficient (Wildman–Crippen LogP) is -0.208. The highest BCUT2D eigenvalue weighted by Crippen LogP contribution is 2.14.